The molecule has 2 aliphatic rings. The van der Waals surface area contributed by atoms with E-state index in [1.807, 2.05) is 35.3 Å². The summed E-state index contributed by atoms with van der Waals surface area (Å²) < 4.78 is 4.04. The number of aryl methyl sites for hydroxylation is 1. The summed E-state index contributed by atoms with van der Waals surface area (Å²) in [6, 6.07) is 3.04. The van der Waals surface area contributed by atoms with E-state index in [1.54, 1.807) is 12.3 Å². The average Bonchev–Trinajstić information content (AvgIpc) is 3.55. The number of nitrogens with one attached hydrogen (secondary N) is 1. The molecule has 2 aliphatic heterocycles. The number of hydrogen-bond donors (Lipinski definition) is 3. The number of nitrogens with zero attached hydrogens (tertiary/aromatic N) is 5. The molecular weight excluding hydrogens is 530 g/mol. The van der Waals surface area contributed by atoms with Crippen molar-refractivity contribution in [3.8, 4) is 0 Å². The van der Waals surface area contributed by atoms with Crippen molar-refractivity contribution < 1.29 is 28.9 Å². The zero-order valence-electron chi connectivity index (χ0n) is 20.7. The predicted molar refractivity (Wildman–Crippen MR) is 141 cm³/mol. The summed E-state index contributed by atoms with van der Waals surface area (Å²) in [6.07, 6.45) is 6.74. The van der Waals surface area contributed by atoms with Gasteiger partial charge in [-0.1, -0.05) is 12.1 Å². The Balaban J connectivity index is 1.37. The molecule has 1 saturated heterocycles. The second-order valence-corrected chi connectivity index (χ2v) is 10.6. The third-order valence-electron chi connectivity index (χ3n) is 6.24. The third kappa shape index (κ3) is 4.60. The maximum atomic E-state index is 13.1. The van der Waals surface area contributed by atoms with Crippen molar-refractivity contribution in [3.63, 3.8) is 0 Å². The Bertz CT molecular complexity index is 1490. The first-order valence-corrected chi connectivity index (χ1v) is 13.9. The van der Waals surface area contributed by atoms with Gasteiger partial charge in [-0.05, 0) is 25.5 Å². The van der Waals surface area contributed by atoms with Crippen molar-refractivity contribution in [2.24, 2.45) is 5.16 Å². The van der Waals surface area contributed by atoms with E-state index in [2.05, 4.69) is 26.8 Å². The van der Waals surface area contributed by atoms with Crippen LogP contribution in [0.3, 0.4) is 0 Å². The Morgan fingerprint density at radius 1 is 1.37 bits per heavy atom. The van der Waals surface area contributed by atoms with Gasteiger partial charge in [-0.15, -0.1) is 23.1 Å². The summed E-state index contributed by atoms with van der Waals surface area (Å²) >= 11 is 2.55. The summed E-state index contributed by atoms with van der Waals surface area (Å²) in [4.78, 5) is 48.9. The number of nitrogens with two attached hydrogens (primary N) is 1. The molecule has 0 radical (unpaired) electrons. The van der Waals surface area contributed by atoms with Crippen molar-refractivity contribution in [1.29, 1.82) is 0 Å². The molecule has 0 unspecified atom stereocenters. The van der Waals surface area contributed by atoms with Crippen LogP contribution in [0.25, 0.3) is 5.52 Å². The van der Waals surface area contributed by atoms with Crippen LogP contribution in [0.1, 0.15) is 25.2 Å². The second-order valence-electron chi connectivity index (χ2n) is 8.63. The molecule has 5 heterocycles. The van der Waals surface area contributed by atoms with Gasteiger partial charge in [0.1, 0.15) is 34.9 Å². The van der Waals surface area contributed by atoms with E-state index < -0.39 is 29.2 Å². The number of aliphatic carboxylic acids is 1. The standard InChI is InChI=1S/C24H25N7O5S2/c1-3-14-9-29(10-15-6-5-7-30(14)15)8-13-11-37-22-18(21(33)31(22)19(13)23(34)35)27-20(32)17(28-36-4-2)16-12-38-24(25)26-16/h5-7,9-10,12,18,22H,3-4,8,11H2,1-2H3,(H3-,25,26,27,32,34,35)/p+1/t18-,22+/m1/s1. The predicted octanol–water partition coefficient (Wildman–Crippen LogP) is 1.01. The Labute approximate surface area is 225 Å². The smallest absolute Gasteiger partial charge is 0.352 e. The molecule has 12 nitrogen and oxygen atoms in total. The molecule has 2 amide bonds. The van der Waals surface area contributed by atoms with Crippen molar-refractivity contribution in [3.05, 3.63) is 58.8 Å². The van der Waals surface area contributed by atoms with Gasteiger partial charge in [0.2, 0.25) is 0 Å². The highest BCUT2D eigenvalue weighted by Crippen LogP contribution is 2.40. The first-order chi connectivity index (χ1) is 18.3. The van der Waals surface area contributed by atoms with Crippen LogP contribution >= 0.6 is 23.1 Å². The van der Waals surface area contributed by atoms with Gasteiger partial charge in [-0.2, -0.15) is 4.57 Å². The fourth-order valence-electron chi connectivity index (χ4n) is 4.54. The largest absolute Gasteiger partial charge is 0.477 e. The molecule has 1 fully saturated rings. The highest BCUT2D eigenvalue weighted by atomic mass is 32.2. The van der Waals surface area contributed by atoms with Gasteiger partial charge in [0.25, 0.3) is 11.8 Å². The zero-order valence-corrected chi connectivity index (χ0v) is 22.3. The molecule has 0 bridgehead atoms. The summed E-state index contributed by atoms with van der Waals surface area (Å²) in [6.45, 7) is 4.34. The molecule has 38 heavy (non-hydrogen) atoms. The Morgan fingerprint density at radius 2 is 2.18 bits per heavy atom. The number of thioether (sulfide) groups is 1. The number of fused-ring (bicyclic) bond motifs is 2. The Hall–Kier alpha value is -3.91. The van der Waals surface area contributed by atoms with Crippen molar-refractivity contribution in [2.75, 3.05) is 18.1 Å². The number of thiazole rings is 1. The van der Waals surface area contributed by atoms with Crippen LogP contribution in [0, 0.1) is 0 Å². The number of aromatic nitrogens is 3. The maximum absolute atomic E-state index is 13.1. The van der Waals surface area contributed by atoms with Gasteiger partial charge in [0, 0.05) is 22.9 Å². The molecule has 5 rings (SSSR count). The number of carbonyl (C=O) groups is 3. The lowest BCUT2D eigenvalue weighted by Crippen LogP contribution is -2.71. The van der Waals surface area contributed by atoms with Crippen LogP contribution < -0.4 is 15.6 Å². The van der Waals surface area contributed by atoms with E-state index in [0.717, 1.165) is 29.0 Å². The monoisotopic (exact) mass is 556 g/mol. The van der Waals surface area contributed by atoms with E-state index >= 15 is 0 Å². The minimum Gasteiger partial charge on any atom is -0.477 e. The summed E-state index contributed by atoms with van der Waals surface area (Å²) in [5.74, 6) is -1.94. The molecule has 0 spiro atoms. The minimum absolute atomic E-state index is 0.0412. The van der Waals surface area contributed by atoms with Gasteiger partial charge in [0.05, 0.1) is 5.69 Å². The number of carboxylic acid groups (broad SMARTS) is 1. The van der Waals surface area contributed by atoms with Gasteiger partial charge in [-0.3, -0.25) is 14.5 Å². The van der Waals surface area contributed by atoms with Gasteiger partial charge in [-0.25, -0.2) is 9.78 Å². The summed E-state index contributed by atoms with van der Waals surface area (Å²) in [5, 5.41) is 17.9. The van der Waals surface area contributed by atoms with Crippen LogP contribution in [0.5, 0.6) is 0 Å². The van der Waals surface area contributed by atoms with E-state index in [9.17, 15) is 19.5 Å². The number of hydrogen-bond acceptors (Lipinski definition) is 9. The first kappa shape index (κ1) is 25.7. The molecule has 4 N–H and O–H groups in total. The van der Waals surface area contributed by atoms with Gasteiger partial charge >= 0.3 is 5.97 Å². The number of nitrogen functional groups attached to an aromatic ring is 1. The van der Waals surface area contributed by atoms with Crippen LogP contribution in [0.15, 0.2) is 52.5 Å². The maximum Gasteiger partial charge on any atom is 0.352 e. The second kappa shape index (κ2) is 10.5. The fourth-order valence-corrected chi connectivity index (χ4v) is 6.42. The number of carboxylic acids is 1. The molecule has 0 aliphatic carbocycles. The number of carbonyl (C=O) groups excluding carboxylic acids is 2. The molecule has 0 aromatic carbocycles. The van der Waals surface area contributed by atoms with E-state index in [4.69, 9.17) is 10.6 Å². The fraction of sp³-hybridized carbons (Fsp3) is 0.333. The van der Waals surface area contributed by atoms with Gasteiger partial charge < -0.3 is 25.4 Å². The highest BCUT2D eigenvalue weighted by molar-refractivity contribution is 8.00. The van der Waals surface area contributed by atoms with Gasteiger partial charge in [0.15, 0.2) is 29.8 Å². The van der Waals surface area contributed by atoms with Crippen molar-refractivity contribution >= 4 is 57.2 Å². The Morgan fingerprint density at radius 3 is 2.87 bits per heavy atom. The average molecular weight is 557 g/mol. The topological polar surface area (TPSA) is 156 Å². The normalized spacial score (nSPS) is 19.4. The molecule has 3 aromatic heterocycles. The SMILES string of the molecule is CCON=C(C(=O)N[C@@H]1C(=O)N2C(C(=O)O)=C(C[n+]3cc(CC)n4cccc4c3)CS[C@@H]12)c1csc(N)n1. The number of oxime groups is 1. The summed E-state index contributed by atoms with van der Waals surface area (Å²) in [7, 11) is 0. The molecule has 3 aromatic rings. The molecular formula is C24H26N7O5S2+. The molecule has 0 saturated carbocycles. The van der Waals surface area contributed by atoms with E-state index in [0.29, 0.717) is 17.9 Å². The zero-order chi connectivity index (χ0) is 27.0. The molecule has 2 atom stereocenters. The Kier molecular flexibility index (Phi) is 7.08. The number of rotatable bonds is 9. The van der Waals surface area contributed by atoms with Crippen LogP contribution in [0.4, 0.5) is 5.13 Å². The van der Waals surface area contributed by atoms with Crippen molar-refractivity contribution in [2.45, 2.75) is 38.2 Å². The summed E-state index contributed by atoms with van der Waals surface area (Å²) in [5.41, 5.74) is 8.48. The number of anilines is 1. The highest BCUT2D eigenvalue weighted by Gasteiger charge is 2.54. The lowest BCUT2D eigenvalue weighted by Gasteiger charge is -2.49. The minimum atomic E-state index is -1.18. The third-order valence-corrected chi connectivity index (χ3v) is 8.25. The van der Waals surface area contributed by atoms with E-state index in [-0.39, 0.29) is 28.8 Å². The molecule has 14 heteroatoms. The van der Waals surface area contributed by atoms with Crippen LogP contribution in [-0.4, -0.2) is 66.7 Å². The number of amides is 2. The van der Waals surface area contributed by atoms with Crippen molar-refractivity contribution in [1.82, 2.24) is 19.6 Å². The quantitative estimate of drug-likeness (QED) is 0.153. The lowest BCUT2D eigenvalue weighted by atomic mass is 10.0. The molecule has 198 valence electrons. The van der Waals surface area contributed by atoms with E-state index in [1.165, 1.54) is 16.7 Å². The first-order valence-electron chi connectivity index (χ1n) is 11.9. The lowest BCUT2D eigenvalue weighted by molar-refractivity contribution is -0.688. The van der Waals surface area contributed by atoms with Crippen LogP contribution in [-0.2, 0) is 32.2 Å². The van der Waals surface area contributed by atoms with Crippen LogP contribution in [0.2, 0.25) is 0 Å². The number of β-lactam (4-membered cyclic amide) rings is 1.